The second-order valence-corrected chi connectivity index (χ2v) is 5.64. The fourth-order valence-corrected chi connectivity index (χ4v) is 2.94. The zero-order chi connectivity index (χ0) is 13.8. The Morgan fingerprint density at radius 3 is 2.60 bits per heavy atom. The van der Waals surface area contributed by atoms with Crippen LogP contribution in [0, 0.1) is 6.92 Å². The molecule has 2 rings (SSSR count). The highest BCUT2D eigenvalue weighted by molar-refractivity contribution is 7.09. The summed E-state index contributed by atoms with van der Waals surface area (Å²) in [4.78, 5) is 13.3. The number of halogens is 2. The van der Waals surface area contributed by atoms with E-state index in [2.05, 4.69) is 0 Å². The molecular formula is C14H15BrClNO2S. The van der Waals surface area contributed by atoms with E-state index in [1.54, 1.807) is 35.6 Å². The zero-order valence-electron chi connectivity index (χ0n) is 11.0. The van der Waals surface area contributed by atoms with Gasteiger partial charge in [-0.3, -0.25) is 4.79 Å². The third-order valence-corrected chi connectivity index (χ3v) is 4.37. The Labute approximate surface area is 137 Å². The monoisotopic (exact) mass is 375 g/mol. The molecule has 0 unspecified atom stereocenters. The Kier molecular flexibility index (Phi) is 6.82. The molecule has 0 aliphatic rings. The van der Waals surface area contributed by atoms with E-state index in [4.69, 9.17) is 16.7 Å². The predicted octanol–water partition coefficient (Wildman–Crippen LogP) is -0.581. The van der Waals surface area contributed by atoms with Crippen LogP contribution in [0.4, 0.5) is 0 Å². The second-order valence-electron chi connectivity index (χ2n) is 4.26. The van der Waals surface area contributed by atoms with E-state index in [0.29, 0.717) is 23.6 Å². The van der Waals surface area contributed by atoms with Crippen LogP contribution < -0.4 is 21.5 Å². The Hall–Kier alpha value is -0.750. The lowest BCUT2D eigenvalue weighted by molar-refractivity contribution is -0.684. The van der Waals surface area contributed by atoms with Crippen LogP contribution in [-0.4, -0.2) is 17.5 Å². The number of rotatable bonds is 5. The maximum absolute atomic E-state index is 12.1. The molecule has 0 bridgehead atoms. The van der Waals surface area contributed by atoms with Gasteiger partial charge in [0.15, 0.2) is 5.69 Å². The van der Waals surface area contributed by atoms with Crippen molar-refractivity contribution in [2.75, 3.05) is 6.61 Å². The first-order valence-corrected chi connectivity index (χ1v) is 7.23. The molecule has 0 amide bonds. The third-order valence-electron chi connectivity index (χ3n) is 2.98. The molecule has 3 nitrogen and oxygen atoms in total. The number of carbonyl (C=O) groups excluding carboxylic acids is 1. The summed E-state index contributed by atoms with van der Waals surface area (Å²) in [6, 6.07) is 6.91. The lowest BCUT2D eigenvalue weighted by Gasteiger charge is -1.98. The molecule has 108 valence electrons. The largest absolute Gasteiger partial charge is 1.00 e. The van der Waals surface area contributed by atoms with Gasteiger partial charge in [-0.25, -0.2) is 0 Å². The van der Waals surface area contributed by atoms with Crippen molar-refractivity contribution in [1.82, 2.24) is 0 Å². The highest BCUT2D eigenvalue weighted by atomic mass is 79.9. The fraction of sp³-hybridized carbons (Fsp3) is 0.286. The molecule has 0 atom stereocenters. The molecule has 0 saturated heterocycles. The van der Waals surface area contributed by atoms with Gasteiger partial charge in [-0.05, 0) is 24.3 Å². The van der Waals surface area contributed by atoms with Crippen molar-refractivity contribution in [3.05, 3.63) is 50.9 Å². The highest BCUT2D eigenvalue weighted by Crippen LogP contribution is 2.13. The van der Waals surface area contributed by atoms with Crippen LogP contribution in [-0.2, 0) is 13.0 Å². The predicted molar refractivity (Wildman–Crippen MR) is 75.8 cm³/mol. The number of carbonyl (C=O) groups is 1. The van der Waals surface area contributed by atoms with Gasteiger partial charge >= 0.3 is 0 Å². The molecule has 0 aliphatic heterocycles. The molecule has 1 aromatic carbocycles. The fourth-order valence-electron chi connectivity index (χ4n) is 1.83. The maximum Gasteiger partial charge on any atom is 0.227 e. The zero-order valence-corrected chi connectivity index (χ0v) is 14.1. The first-order valence-electron chi connectivity index (χ1n) is 5.98. The average molecular weight is 377 g/mol. The number of aromatic nitrogens is 1. The number of thiazole rings is 1. The minimum atomic E-state index is 0. The maximum atomic E-state index is 12.1. The van der Waals surface area contributed by atoms with Crippen LogP contribution >= 0.6 is 22.9 Å². The number of hydrogen-bond acceptors (Lipinski definition) is 3. The minimum absolute atomic E-state index is 0. The number of aliphatic hydroxyl groups excluding tert-OH is 1. The van der Waals surface area contributed by atoms with Crippen molar-refractivity contribution < 1.29 is 31.4 Å². The molecule has 6 heteroatoms. The van der Waals surface area contributed by atoms with Crippen LogP contribution in [0.3, 0.4) is 0 Å². The molecule has 20 heavy (non-hydrogen) atoms. The van der Waals surface area contributed by atoms with E-state index >= 15 is 0 Å². The van der Waals surface area contributed by atoms with E-state index in [-0.39, 0.29) is 29.4 Å². The molecule has 1 N–H and O–H groups in total. The lowest BCUT2D eigenvalue weighted by atomic mass is 10.1. The van der Waals surface area contributed by atoms with Gasteiger partial charge in [0, 0.05) is 30.5 Å². The van der Waals surface area contributed by atoms with Crippen LogP contribution in [0.5, 0.6) is 0 Å². The summed E-state index contributed by atoms with van der Waals surface area (Å²) in [5.41, 5.74) is 3.63. The van der Waals surface area contributed by atoms with Crippen molar-refractivity contribution in [1.29, 1.82) is 0 Å². The van der Waals surface area contributed by atoms with Crippen molar-refractivity contribution >= 4 is 28.7 Å². The Balaban J connectivity index is 0.00000200. The van der Waals surface area contributed by atoms with E-state index in [1.165, 1.54) is 0 Å². The van der Waals surface area contributed by atoms with Gasteiger partial charge in [-0.1, -0.05) is 22.9 Å². The number of nitrogens with zero attached hydrogens (tertiary/aromatic N) is 1. The number of hydrogen-bond donors (Lipinski definition) is 1. The Morgan fingerprint density at radius 2 is 2.00 bits per heavy atom. The Morgan fingerprint density at radius 1 is 1.35 bits per heavy atom. The van der Waals surface area contributed by atoms with Gasteiger partial charge in [0.05, 0.1) is 4.88 Å². The molecule has 0 radical (unpaired) electrons. The number of benzene rings is 1. The van der Waals surface area contributed by atoms with Crippen LogP contribution in [0.1, 0.15) is 20.9 Å². The van der Waals surface area contributed by atoms with E-state index < -0.39 is 0 Å². The van der Waals surface area contributed by atoms with E-state index in [1.807, 2.05) is 17.0 Å². The summed E-state index contributed by atoms with van der Waals surface area (Å²) < 4.78 is 1.92. The van der Waals surface area contributed by atoms with Crippen molar-refractivity contribution in [2.24, 2.45) is 0 Å². The van der Waals surface area contributed by atoms with Gasteiger partial charge in [0.1, 0.15) is 0 Å². The molecule has 1 heterocycles. The van der Waals surface area contributed by atoms with Gasteiger partial charge in [0.2, 0.25) is 17.8 Å². The molecule has 0 spiro atoms. The SMILES string of the molecule is Cc1c(CCO)sc[n+]1CC(=O)c1ccc(Cl)cc1.[Br-]. The second kappa shape index (κ2) is 7.88. The standard InChI is InChI=1S/C14H15ClNO2S.BrH/c1-10-14(6-7-17)19-9-16(10)8-13(18)11-2-4-12(15)5-3-11;/h2-5,9,17H,6-8H2,1H3;1H/q+1;/p-1. The molecule has 0 fully saturated rings. The summed E-state index contributed by atoms with van der Waals surface area (Å²) >= 11 is 7.37. The van der Waals surface area contributed by atoms with Gasteiger partial charge in [-0.2, -0.15) is 4.57 Å². The topological polar surface area (TPSA) is 41.2 Å². The third kappa shape index (κ3) is 4.12. The highest BCUT2D eigenvalue weighted by Gasteiger charge is 2.19. The minimum Gasteiger partial charge on any atom is -1.00 e. The van der Waals surface area contributed by atoms with E-state index in [0.717, 1.165) is 10.6 Å². The Bertz CT molecular complexity index is 583. The summed E-state index contributed by atoms with van der Waals surface area (Å²) in [5.74, 6) is 0.0538. The van der Waals surface area contributed by atoms with Crippen LogP contribution in [0.15, 0.2) is 29.8 Å². The average Bonchev–Trinajstić information content (AvgIpc) is 2.73. The lowest BCUT2D eigenvalue weighted by Crippen LogP contribution is -3.00. The van der Waals surface area contributed by atoms with Gasteiger partial charge in [-0.15, -0.1) is 0 Å². The van der Waals surface area contributed by atoms with Crippen LogP contribution in [0.2, 0.25) is 5.02 Å². The molecule has 0 saturated carbocycles. The first-order chi connectivity index (χ1) is 9.11. The summed E-state index contributed by atoms with van der Waals surface area (Å²) in [6.45, 7) is 2.42. The van der Waals surface area contributed by atoms with Crippen molar-refractivity contribution in [3.8, 4) is 0 Å². The van der Waals surface area contributed by atoms with Gasteiger partial charge < -0.3 is 22.1 Å². The van der Waals surface area contributed by atoms with E-state index in [9.17, 15) is 4.79 Å². The first kappa shape index (κ1) is 17.3. The number of Topliss-reactive ketones (excluding diaryl/α,β-unsaturated/α-hetero) is 1. The van der Waals surface area contributed by atoms with Crippen LogP contribution in [0.25, 0.3) is 0 Å². The summed E-state index contributed by atoms with van der Waals surface area (Å²) in [7, 11) is 0. The summed E-state index contributed by atoms with van der Waals surface area (Å²) in [6.07, 6.45) is 0.638. The number of aliphatic hydroxyl groups is 1. The van der Waals surface area contributed by atoms with Crippen molar-refractivity contribution in [3.63, 3.8) is 0 Å². The summed E-state index contributed by atoms with van der Waals surface area (Å²) in [5, 5.41) is 9.58. The molecule has 2 aromatic rings. The van der Waals surface area contributed by atoms with Gasteiger partial charge in [0.25, 0.3) is 0 Å². The number of ketones is 1. The quantitative estimate of drug-likeness (QED) is 0.560. The molecule has 0 aliphatic carbocycles. The normalized spacial score (nSPS) is 10.2. The van der Waals surface area contributed by atoms with Crippen molar-refractivity contribution in [2.45, 2.75) is 19.9 Å². The molecular weight excluding hydrogens is 362 g/mol. The smallest absolute Gasteiger partial charge is 0.227 e. The molecule has 1 aromatic heterocycles.